The van der Waals surface area contributed by atoms with Crippen molar-refractivity contribution in [1.29, 1.82) is 5.26 Å². The number of carbonyl (C=O) groups excluding carboxylic acids is 2. The van der Waals surface area contributed by atoms with Crippen LogP contribution in [0.25, 0.3) is 0 Å². The molecule has 2 rings (SSSR count). The monoisotopic (exact) mass is 336 g/mol. The lowest BCUT2D eigenvalue weighted by Crippen LogP contribution is -2.33. The van der Waals surface area contributed by atoms with E-state index in [4.69, 9.17) is 5.26 Å². The van der Waals surface area contributed by atoms with E-state index in [1.54, 1.807) is 13.8 Å². The summed E-state index contributed by atoms with van der Waals surface area (Å²) in [5.41, 5.74) is -2.96. The van der Waals surface area contributed by atoms with Crippen molar-refractivity contribution in [2.24, 2.45) is 11.3 Å². The van der Waals surface area contributed by atoms with Crippen molar-refractivity contribution in [1.82, 2.24) is 0 Å². The molecule has 0 saturated carbocycles. The quantitative estimate of drug-likeness (QED) is 0.625. The van der Waals surface area contributed by atoms with Crippen LogP contribution in [0.15, 0.2) is 30.9 Å². The first-order chi connectivity index (χ1) is 11.1. The molecule has 1 atom stereocenters. The molecule has 0 spiro atoms. The van der Waals surface area contributed by atoms with Crippen LogP contribution in [0.2, 0.25) is 0 Å². The zero-order chi connectivity index (χ0) is 18.3. The van der Waals surface area contributed by atoms with Crippen molar-refractivity contribution in [3.8, 4) is 6.07 Å². The summed E-state index contributed by atoms with van der Waals surface area (Å²) in [4.78, 5) is 25.9. The fourth-order valence-corrected chi connectivity index (χ4v) is 2.81. The maximum absolute atomic E-state index is 13.1. The molecule has 2 amide bonds. The van der Waals surface area contributed by atoms with E-state index in [0.29, 0.717) is 6.07 Å². The minimum absolute atomic E-state index is 0.184. The number of benzene rings is 1. The first kappa shape index (κ1) is 17.7. The molecule has 24 heavy (non-hydrogen) atoms. The van der Waals surface area contributed by atoms with Gasteiger partial charge in [-0.05, 0) is 24.6 Å². The largest absolute Gasteiger partial charge is 0.417 e. The molecule has 1 saturated heterocycles. The summed E-state index contributed by atoms with van der Waals surface area (Å²) in [6, 6.07) is 4.27. The summed E-state index contributed by atoms with van der Waals surface area (Å²) < 4.78 is 39.3. The standard InChI is InChI=1S/C17H15F3N2O2/c1-4-5-12-14(23)22(15(24)16(12,2)3)11-7-6-10(9-21)13(8-11)17(18,19)20/h4,6-8,12H,1,5H2,2-3H3. The van der Waals surface area contributed by atoms with Gasteiger partial charge >= 0.3 is 6.18 Å². The highest BCUT2D eigenvalue weighted by Crippen LogP contribution is 2.43. The zero-order valence-electron chi connectivity index (χ0n) is 13.1. The van der Waals surface area contributed by atoms with Crippen LogP contribution >= 0.6 is 0 Å². The highest BCUT2D eigenvalue weighted by atomic mass is 19.4. The van der Waals surface area contributed by atoms with E-state index in [1.165, 1.54) is 18.2 Å². The first-order valence-electron chi connectivity index (χ1n) is 7.16. The number of hydrogen-bond acceptors (Lipinski definition) is 3. The summed E-state index contributed by atoms with van der Waals surface area (Å²) in [5.74, 6) is -1.83. The second-order valence-corrected chi connectivity index (χ2v) is 6.12. The van der Waals surface area contributed by atoms with E-state index in [-0.39, 0.29) is 12.1 Å². The van der Waals surface area contributed by atoms with Crippen molar-refractivity contribution >= 4 is 17.5 Å². The van der Waals surface area contributed by atoms with Gasteiger partial charge < -0.3 is 0 Å². The summed E-state index contributed by atoms with van der Waals surface area (Å²) in [6.07, 6.45) is -3.01. The Morgan fingerprint density at radius 3 is 2.50 bits per heavy atom. The molecule has 1 heterocycles. The van der Waals surface area contributed by atoms with Gasteiger partial charge in [-0.1, -0.05) is 19.9 Å². The number of anilines is 1. The van der Waals surface area contributed by atoms with Gasteiger partial charge in [0.2, 0.25) is 11.8 Å². The summed E-state index contributed by atoms with van der Waals surface area (Å²) in [7, 11) is 0. The SMILES string of the molecule is C=CCC1C(=O)N(c2ccc(C#N)c(C(F)(F)F)c2)C(=O)C1(C)C. The van der Waals surface area contributed by atoms with E-state index in [0.717, 1.165) is 11.0 Å². The van der Waals surface area contributed by atoms with Crippen molar-refractivity contribution in [3.05, 3.63) is 42.0 Å². The number of halogens is 3. The Hall–Kier alpha value is -2.62. The third-order valence-electron chi connectivity index (χ3n) is 4.23. The number of imide groups is 1. The van der Waals surface area contributed by atoms with Crippen LogP contribution in [0.4, 0.5) is 18.9 Å². The summed E-state index contributed by atoms with van der Waals surface area (Å²) in [5, 5.41) is 8.83. The van der Waals surface area contributed by atoms with Crippen molar-refractivity contribution < 1.29 is 22.8 Å². The molecular formula is C17H15F3N2O2. The van der Waals surface area contributed by atoms with Gasteiger partial charge in [0, 0.05) is 0 Å². The van der Waals surface area contributed by atoms with Crippen molar-refractivity contribution in [3.63, 3.8) is 0 Å². The predicted octanol–water partition coefficient (Wildman–Crippen LogP) is 3.67. The first-order valence-corrected chi connectivity index (χ1v) is 7.16. The molecule has 1 aromatic rings. The van der Waals surface area contributed by atoms with E-state index < -0.39 is 40.5 Å². The average Bonchev–Trinajstić information content (AvgIpc) is 2.66. The number of alkyl halides is 3. The Bertz CT molecular complexity index is 760. The van der Waals surface area contributed by atoms with Gasteiger partial charge in [0.05, 0.1) is 34.2 Å². The minimum atomic E-state index is -4.76. The molecular weight excluding hydrogens is 321 g/mol. The molecule has 1 aliphatic rings. The number of nitriles is 1. The van der Waals surface area contributed by atoms with Crippen LogP contribution in [0.3, 0.4) is 0 Å². The van der Waals surface area contributed by atoms with E-state index >= 15 is 0 Å². The van der Waals surface area contributed by atoms with Crippen LogP contribution in [0.5, 0.6) is 0 Å². The molecule has 1 unspecified atom stereocenters. The lowest BCUT2D eigenvalue weighted by Gasteiger charge is -2.20. The zero-order valence-corrected chi connectivity index (χ0v) is 13.1. The molecule has 126 valence electrons. The third-order valence-corrected chi connectivity index (χ3v) is 4.23. The topological polar surface area (TPSA) is 61.2 Å². The Kier molecular flexibility index (Phi) is 4.27. The highest BCUT2D eigenvalue weighted by molar-refractivity contribution is 6.23. The van der Waals surface area contributed by atoms with E-state index in [2.05, 4.69) is 6.58 Å². The molecule has 1 aromatic carbocycles. The van der Waals surface area contributed by atoms with Gasteiger partial charge in [-0.25, -0.2) is 4.90 Å². The van der Waals surface area contributed by atoms with Gasteiger partial charge in [-0.3, -0.25) is 9.59 Å². The second-order valence-electron chi connectivity index (χ2n) is 6.12. The Balaban J connectivity index is 2.57. The molecule has 4 nitrogen and oxygen atoms in total. The van der Waals surface area contributed by atoms with Crippen LogP contribution < -0.4 is 4.90 Å². The highest BCUT2D eigenvalue weighted by Gasteiger charge is 2.53. The summed E-state index contributed by atoms with van der Waals surface area (Å²) in [6.45, 7) is 6.71. The molecule has 7 heteroatoms. The van der Waals surface area contributed by atoms with Gasteiger partial charge in [0.25, 0.3) is 0 Å². The maximum atomic E-state index is 13.1. The number of nitrogens with zero attached hydrogens (tertiary/aromatic N) is 2. The molecule has 0 N–H and O–H groups in total. The van der Waals surface area contributed by atoms with Crippen LogP contribution in [0.1, 0.15) is 31.4 Å². The Labute approximate surface area is 137 Å². The molecule has 1 aliphatic heterocycles. The average molecular weight is 336 g/mol. The van der Waals surface area contributed by atoms with Gasteiger partial charge in [0.1, 0.15) is 0 Å². The van der Waals surface area contributed by atoms with Gasteiger partial charge in [0.15, 0.2) is 0 Å². The van der Waals surface area contributed by atoms with Crippen LogP contribution in [-0.2, 0) is 15.8 Å². The fourth-order valence-electron chi connectivity index (χ4n) is 2.81. The predicted molar refractivity (Wildman–Crippen MR) is 80.7 cm³/mol. The Morgan fingerprint density at radius 1 is 1.38 bits per heavy atom. The minimum Gasteiger partial charge on any atom is -0.274 e. The number of rotatable bonds is 3. The second kappa shape index (κ2) is 5.78. The molecule has 1 fully saturated rings. The van der Waals surface area contributed by atoms with Crippen LogP contribution in [0, 0.1) is 22.7 Å². The lowest BCUT2D eigenvalue weighted by atomic mass is 9.79. The normalized spacial score (nSPS) is 20.2. The number of allylic oxidation sites excluding steroid dienone is 1. The van der Waals surface area contributed by atoms with Gasteiger partial charge in [-0.2, -0.15) is 18.4 Å². The van der Waals surface area contributed by atoms with E-state index in [9.17, 15) is 22.8 Å². The number of amides is 2. The maximum Gasteiger partial charge on any atom is 0.417 e. The third kappa shape index (κ3) is 2.68. The molecule has 0 bridgehead atoms. The number of hydrogen-bond donors (Lipinski definition) is 0. The van der Waals surface area contributed by atoms with Crippen LogP contribution in [-0.4, -0.2) is 11.8 Å². The number of carbonyl (C=O) groups is 2. The molecule has 0 radical (unpaired) electrons. The van der Waals surface area contributed by atoms with E-state index in [1.807, 2.05) is 0 Å². The smallest absolute Gasteiger partial charge is 0.274 e. The Morgan fingerprint density at radius 2 is 2.00 bits per heavy atom. The lowest BCUT2D eigenvalue weighted by molar-refractivity contribution is -0.138. The van der Waals surface area contributed by atoms with Crippen molar-refractivity contribution in [2.75, 3.05) is 4.90 Å². The fraction of sp³-hybridized carbons (Fsp3) is 0.353. The van der Waals surface area contributed by atoms with Crippen molar-refractivity contribution in [2.45, 2.75) is 26.4 Å². The molecule has 0 aromatic heterocycles. The molecule has 0 aliphatic carbocycles. The van der Waals surface area contributed by atoms with Gasteiger partial charge in [-0.15, -0.1) is 6.58 Å². The summed E-state index contributed by atoms with van der Waals surface area (Å²) >= 11 is 0.